The molecule has 9 heteroatoms. The molecule has 18 heavy (non-hydrogen) atoms. The molecule has 0 aliphatic rings. The summed E-state index contributed by atoms with van der Waals surface area (Å²) < 4.78 is 64.5. The lowest BCUT2D eigenvalue weighted by Crippen LogP contribution is -2.19. The second kappa shape index (κ2) is 5.44. The predicted molar refractivity (Wildman–Crippen MR) is 49.7 cm³/mol. The van der Waals surface area contributed by atoms with Gasteiger partial charge >= 0.3 is 6.36 Å². The Labute approximate surface area is 98.2 Å². The van der Waals surface area contributed by atoms with E-state index in [1.165, 1.54) is 0 Å². The monoisotopic (exact) mass is 272 g/mol. The Hall–Kier alpha value is -1.48. The van der Waals surface area contributed by atoms with Gasteiger partial charge in [-0.3, -0.25) is 0 Å². The van der Waals surface area contributed by atoms with Crippen LogP contribution in [-0.2, 0) is 13.2 Å². The van der Waals surface area contributed by atoms with E-state index in [0.717, 1.165) is 6.07 Å². The van der Waals surface area contributed by atoms with Gasteiger partial charge in [-0.15, -0.1) is 13.2 Å². The van der Waals surface area contributed by atoms with Gasteiger partial charge in [0.15, 0.2) is 0 Å². The van der Waals surface area contributed by atoms with E-state index in [2.05, 4.69) is 9.72 Å². The van der Waals surface area contributed by atoms with E-state index in [0.29, 0.717) is 0 Å². The summed E-state index contributed by atoms with van der Waals surface area (Å²) in [6, 6.07) is 0.724. The van der Waals surface area contributed by atoms with Crippen molar-refractivity contribution in [1.82, 2.24) is 4.98 Å². The number of nitrogens with zero attached hydrogens (tertiary/aromatic N) is 1. The van der Waals surface area contributed by atoms with Crippen LogP contribution in [0.5, 0.6) is 5.88 Å². The molecule has 0 fully saturated rings. The molecule has 1 rings (SSSR count). The van der Waals surface area contributed by atoms with Crippen molar-refractivity contribution in [3.63, 3.8) is 0 Å². The van der Waals surface area contributed by atoms with Crippen molar-refractivity contribution in [1.29, 1.82) is 0 Å². The number of halogens is 5. The molecule has 0 amide bonds. The number of aromatic nitrogens is 1. The summed E-state index contributed by atoms with van der Waals surface area (Å²) in [5.41, 5.74) is 3.90. The Kier molecular flexibility index (Phi) is 4.41. The Morgan fingerprint density at radius 1 is 1.39 bits per heavy atom. The molecule has 0 unspecified atom stereocenters. The smallest absolute Gasteiger partial charge is 0.392 e. The van der Waals surface area contributed by atoms with Gasteiger partial charge in [-0.05, 0) is 11.1 Å². The molecule has 0 saturated heterocycles. The van der Waals surface area contributed by atoms with Crippen LogP contribution in [0.25, 0.3) is 0 Å². The van der Waals surface area contributed by atoms with E-state index in [9.17, 15) is 22.0 Å². The van der Waals surface area contributed by atoms with Gasteiger partial charge in [0, 0.05) is 12.6 Å². The molecular weight excluding hydrogens is 263 g/mol. The molecule has 0 atom stereocenters. The average molecular weight is 272 g/mol. The van der Waals surface area contributed by atoms with Crippen LogP contribution in [0.3, 0.4) is 0 Å². The third-order valence-corrected chi connectivity index (χ3v) is 2.03. The fourth-order valence-corrected chi connectivity index (χ4v) is 1.35. The highest BCUT2D eigenvalue weighted by Gasteiger charge is 2.33. The Morgan fingerprint density at radius 2 is 2.00 bits per heavy atom. The van der Waals surface area contributed by atoms with Gasteiger partial charge in [-0.25, -0.2) is 13.8 Å². The summed E-state index contributed by atoms with van der Waals surface area (Å²) in [6.07, 6.45) is -8.17. The fraction of sp³-hybridized carbons (Fsp3) is 0.444. The standard InChI is InChI=1S/C9H9F5N2O2/c10-8(11)7-5(2-15)4(3-17)1-6(16-7)18-9(12,13)14/h1,8,17H,2-3,15H2. The molecule has 4 nitrogen and oxygen atoms in total. The van der Waals surface area contributed by atoms with E-state index < -0.39 is 31.0 Å². The maximum Gasteiger partial charge on any atom is 0.574 e. The zero-order chi connectivity index (χ0) is 13.9. The highest BCUT2D eigenvalue weighted by molar-refractivity contribution is 5.35. The average Bonchev–Trinajstić information content (AvgIpc) is 2.25. The van der Waals surface area contributed by atoms with Crippen molar-refractivity contribution in [2.45, 2.75) is 25.9 Å². The number of aliphatic hydroxyl groups excluding tert-OH is 1. The quantitative estimate of drug-likeness (QED) is 0.821. The topological polar surface area (TPSA) is 68.4 Å². The van der Waals surface area contributed by atoms with E-state index in [1.54, 1.807) is 0 Å². The van der Waals surface area contributed by atoms with Gasteiger partial charge in [-0.1, -0.05) is 0 Å². The van der Waals surface area contributed by atoms with Gasteiger partial charge in [0.05, 0.1) is 6.61 Å². The van der Waals surface area contributed by atoms with Gasteiger partial charge < -0.3 is 15.6 Å². The Morgan fingerprint density at radius 3 is 2.39 bits per heavy atom. The Balaban J connectivity index is 3.27. The molecule has 1 aromatic rings. The molecule has 0 spiro atoms. The normalized spacial score (nSPS) is 12.0. The number of nitrogens with two attached hydrogens (primary N) is 1. The van der Waals surface area contributed by atoms with E-state index in [-0.39, 0.29) is 17.7 Å². The van der Waals surface area contributed by atoms with Crippen molar-refractivity contribution < 1.29 is 31.8 Å². The second-order valence-corrected chi connectivity index (χ2v) is 3.19. The minimum absolute atomic E-state index is 0.179. The molecule has 1 heterocycles. The van der Waals surface area contributed by atoms with Crippen molar-refractivity contribution >= 4 is 0 Å². The maximum atomic E-state index is 12.6. The number of hydrogen-bond donors (Lipinski definition) is 2. The van der Waals surface area contributed by atoms with Crippen LogP contribution < -0.4 is 10.5 Å². The van der Waals surface area contributed by atoms with E-state index in [1.807, 2.05) is 0 Å². The molecule has 0 aromatic carbocycles. The number of rotatable bonds is 4. The van der Waals surface area contributed by atoms with Crippen LogP contribution >= 0.6 is 0 Å². The molecular formula is C9H9F5N2O2. The van der Waals surface area contributed by atoms with Crippen LogP contribution in [0.15, 0.2) is 6.07 Å². The third-order valence-electron chi connectivity index (χ3n) is 2.03. The largest absolute Gasteiger partial charge is 0.574 e. The summed E-state index contributed by atoms with van der Waals surface area (Å²) >= 11 is 0. The lowest BCUT2D eigenvalue weighted by molar-refractivity contribution is -0.276. The number of alkyl halides is 5. The minimum atomic E-state index is -5.05. The molecule has 0 bridgehead atoms. The molecule has 0 saturated carbocycles. The van der Waals surface area contributed by atoms with Crippen LogP contribution in [0.4, 0.5) is 22.0 Å². The summed E-state index contributed by atoms with van der Waals surface area (Å²) in [7, 11) is 0. The van der Waals surface area contributed by atoms with Gasteiger partial charge in [0.25, 0.3) is 6.43 Å². The first-order chi connectivity index (χ1) is 8.28. The van der Waals surface area contributed by atoms with Crippen molar-refractivity contribution in [2.75, 3.05) is 0 Å². The summed E-state index contributed by atoms with van der Waals surface area (Å²) in [4.78, 5) is 3.05. The SMILES string of the molecule is NCc1c(CO)cc(OC(F)(F)F)nc1C(F)F. The summed E-state index contributed by atoms with van der Waals surface area (Å²) in [5.74, 6) is -1.06. The first-order valence-electron chi connectivity index (χ1n) is 4.66. The number of ether oxygens (including phenoxy) is 1. The second-order valence-electron chi connectivity index (χ2n) is 3.19. The van der Waals surface area contributed by atoms with Crippen molar-refractivity contribution in [2.24, 2.45) is 5.73 Å². The van der Waals surface area contributed by atoms with Crippen LogP contribution in [0, 0.1) is 0 Å². The first-order valence-corrected chi connectivity index (χ1v) is 4.66. The maximum absolute atomic E-state index is 12.6. The van der Waals surface area contributed by atoms with E-state index in [4.69, 9.17) is 10.8 Å². The number of aliphatic hydroxyl groups is 1. The summed E-state index contributed by atoms with van der Waals surface area (Å²) in [6.45, 7) is -1.13. The molecule has 0 aliphatic heterocycles. The van der Waals surface area contributed by atoms with Crippen LogP contribution in [0.2, 0.25) is 0 Å². The first kappa shape index (κ1) is 14.6. The zero-order valence-electron chi connectivity index (χ0n) is 8.84. The minimum Gasteiger partial charge on any atom is -0.392 e. The third kappa shape index (κ3) is 3.50. The Bertz CT molecular complexity index is 422. The van der Waals surface area contributed by atoms with Crippen LogP contribution in [0.1, 0.15) is 23.2 Å². The fourth-order valence-electron chi connectivity index (χ4n) is 1.35. The van der Waals surface area contributed by atoms with Crippen molar-refractivity contribution in [3.05, 3.63) is 22.9 Å². The van der Waals surface area contributed by atoms with Gasteiger partial charge in [-0.2, -0.15) is 0 Å². The summed E-state index contributed by atoms with van der Waals surface area (Å²) in [5, 5.41) is 8.91. The van der Waals surface area contributed by atoms with Gasteiger partial charge in [0.2, 0.25) is 5.88 Å². The lowest BCUT2D eigenvalue weighted by atomic mass is 10.1. The van der Waals surface area contributed by atoms with E-state index >= 15 is 0 Å². The molecule has 3 N–H and O–H groups in total. The molecule has 0 radical (unpaired) electrons. The zero-order valence-corrected chi connectivity index (χ0v) is 8.84. The number of pyridine rings is 1. The molecule has 102 valence electrons. The van der Waals surface area contributed by atoms with Crippen molar-refractivity contribution in [3.8, 4) is 5.88 Å². The molecule has 0 aliphatic carbocycles. The highest BCUT2D eigenvalue weighted by Crippen LogP contribution is 2.29. The molecule has 1 aromatic heterocycles. The predicted octanol–water partition coefficient (Wildman–Crippen LogP) is 1.87. The lowest BCUT2D eigenvalue weighted by Gasteiger charge is -2.14. The highest BCUT2D eigenvalue weighted by atomic mass is 19.4. The van der Waals surface area contributed by atoms with Crippen LogP contribution in [-0.4, -0.2) is 16.5 Å². The van der Waals surface area contributed by atoms with Gasteiger partial charge in [0.1, 0.15) is 5.69 Å². The number of hydrogen-bond acceptors (Lipinski definition) is 4.